The van der Waals surface area contributed by atoms with Crippen LogP contribution in [-0.2, 0) is 9.53 Å². The minimum absolute atomic E-state index is 0.108. The molecular weight excluding hydrogens is 314 g/mol. The number of nitro benzene ring substituents is 1. The van der Waals surface area contributed by atoms with Gasteiger partial charge in [-0.25, -0.2) is 4.79 Å². The number of anilines is 1. The van der Waals surface area contributed by atoms with E-state index in [1.165, 1.54) is 23.1 Å². The molecule has 1 aromatic rings. The van der Waals surface area contributed by atoms with Gasteiger partial charge < -0.3 is 10.1 Å². The first-order valence-electron chi connectivity index (χ1n) is 7.72. The third-order valence-electron chi connectivity index (χ3n) is 3.51. The Bertz CT molecular complexity index is 653. The highest BCUT2D eigenvalue weighted by Gasteiger charge is 2.36. The molecule has 1 aliphatic heterocycles. The highest BCUT2D eigenvalue weighted by atomic mass is 16.6. The summed E-state index contributed by atoms with van der Waals surface area (Å²) in [5.74, 6) is -0.376. The average Bonchev–Trinajstić information content (AvgIpc) is 2.95. The Balaban J connectivity index is 2.07. The monoisotopic (exact) mass is 335 g/mol. The van der Waals surface area contributed by atoms with Crippen molar-refractivity contribution in [2.24, 2.45) is 0 Å². The molecule has 1 aliphatic rings. The standard InChI is InChI=1S/C16H21N3O5/c1-16(2,3)24-15(21)18-9-5-8-13(18)14(20)17-11-6-4-7-12(10-11)19(22)23/h4,6-7,10,13H,5,8-9H2,1-3H3,(H,17,20)/t13-/m0/s1. The van der Waals surface area contributed by atoms with E-state index in [9.17, 15) is 19.7 Å². The average molecular weight is 335 g/mol. The predicted octanol–water partition coefficient (Wildman–Crippen LogP) is 2.93. The number of non-ortho nitro benzene ring substituents is 1. The molecule has 0 bridgehead atoms. The van der Waals surface area contributed by atoms with Gasteiger partial charge in [0.1, 0.15) is 11.6 Å². The molecule has 8 nitrogen and oxygen atoms in total. The molecule has 130 valence electrons. The molecule has 1 aromatic carbocycles. The summed E-state index contributed by atoms with van der Waals surface area (Å²) in [5, 5.41) is 13.4. The van der Waals surface area contributed by atoms with Gasteiger partial charge in [-0.05, 0) is 39.7 Å². The molecule has 0 saturated carbocycles. The third-order valence-corrected chi connectivity index (χ3v) is 3.51. The fourth-order valence-corrected chi connectivity index (χ4v) is 2.50. The third kappa shape index (κ3) is 4.43. The lowest BCUT2D eigenvalue weighted by atomic mass is 10.2. The largest absolute Gasteiger partial charge is 0.444 e. The Morgan fingerprint density at radius 1 is 1.38 bits per heavy atom. The van der Waals surface area contributed by atoms with Crippen LogP contribution in [-0.4, -0.2) is 40.0 Å². The van der Waals surface area contributed by atoms with Crippen molar-refractivity contribution in [3.63, 3.8) is 0 Å². The van der Waals surface area contributed by atoms with Crippen LogP contribution >= 0.6 is 0 Å². The Labute approximate surface area is 139 Å². The van der Waals surface area contributed by atoms with Crippen LogP contribution in [0.5, 0.6) is 0 Å². The lowest BCUT2D eigenvalue weighted by molar-refractivity contribution is -0.384. The summed E-state index contributed by atoms with van der Waals surface area (Å²) >= 11 is 0. The van der Waals surface area contributed by atoms with E-state index >= 15 is 0 Å². The molecule has 0 spiro atoms. The van der Waals surface area contributed by atoms with E-state index in [2.05, 4.69) is 5.32 Å². The number of likely N-dealkylation sites (tertiary alicyclic amines) is 1. The summed E-state index contributed by atoms with van der Waals surface area (Å²) < 4.78 is 5.32. The van der Waals surface area contributed by atoms with Gasteiger partial charge in [0.05, 0.1) is 4.92 Å². The SMILES string of the molecule is CC(C)(C)OC(=O)N1CCC[C@H]1C(=O)Nc1cccc([N+](=O)[O-])c1. The van der Waals surface area contributed by atoms with Gasteiger partial charge in [-0.1, -0.05) is 6.07 Å². The van der Waals surface area contributed by atoms with Crippen molar-refractivity contribution in [1.29, 1.82) is 0 Å². The Morgan fingerprint density at radius 2 is 2.08 bits per heavy atom. The zero-order valence-electron chi connectivity index (χ0n) is 13.9. The van der Waals surface area contributed by atoms with Crippen molar-refractivity contribution in [2.45, 2.75) is 45.3 Å². The van der Waals surface area contributed by atoms with Crippen LogP contribution in [0.15, 0.2) is 24.3 Å². The number of hydrogen-bond acceptors (Lipinski definition) is 5. The Hall–Kier alpha value is -2.64. The van der Waals surface area contributed by atoms with Gasteiger partial charge in [0.25, 0.3) is 5.69 Å². The number of amides is 2. The summed E-state index contributed by atoms with van der Waals surface area (Å²) in [5.41, 5.74) is -0.422. The molecule has 8 heteroatoms. The van der Waals surface area contributed by atoms with Crippen molar-refractivity contribution >= 4 is 23.4 Å². The van der Waals surface area contributed by atoms with E-state index in [1.807, 2.05) is 0 Å². The molecule has 0 unspecified atom stereocenters. The van der Waals surface area contributed by atoms with Crippen molar-refractivity contribution in [3.05, 3.63) is 34.4 Å². The summed E-state index contributed by atoms with van der Waals surface area (Å²) in [6.07, 6.45) is 0.700. The number of nitrogens with zero attached hydrogens (tertiary/aromatic N) is 2. The van der Waals surface area contributed by atoms with Gasteiger partial charge in [-0.3, -0.25) is 19.8 Å². The lowest BCUT2D eigenvalue weighted by Crippen LogP contribution is -2.45. The number of benzene rings is 1. The van der Waals surface area contributed by atoms with E-state index < -0.39 is 22.7 Å². The minimum atomic E-state index is -0.640. The van der Waals surface area contributed by atoms with Crippen molar-refractivity contribution in [2.75, 3.05) is 11.9 Å². The van der Waals surface area contributed by atoms with E-state index in [1.54, 1.807) is 26.8 Å². The molecule has 1 saturated heterocycles. The maximum atomic E-state index is 12.4. The predicted molar refractivity (Wildman–Crippen MR) is 87.7 cm³/mol. The molecule has 24 heavy (non-hydrogen) atoms. The van der Waals surface area contributed by atoms with Gasteiger partial charge in [0.2, 0.25) is 5.91 Å². The van der Waals surface area contributed by atoms with Gasteiger partial charge in [0, 0.05) is 24.4 Å². The molecule has 1 atom stereocenters. The van der Waals surface area contributed by atoms with Gasteiger partial charge in [-0.2, -0.15) is 0 Å². The van der Waals surface area contributed by atoms with Crippen molar-refractivity contribution < 1.29 is 19.2 Å². The molecule has 1 fully saturated rings. The molecular formula is C16H21N3O5. The number of ether oxygens (including phenoxy) is 1. The number of nitrogens with one attached hydrogen (secondary N) is 1. The van der Waals surface area contributed by atoms with Crippen LogP contribution in [0, 0.1) is 10.1 Å². The van der Waals surface area contributed by atoms with Crippen molar-refractivity contribution in [3.8, 4) is 0 Å². The number of rotatable bonds is 3. The summed E-state index contributed by atoms with van der Waals surface area (Å²) in [6, 6.07) is 5.05. The summed E-state index contributed by atoms with van der Waals surface area (Å²) in [4.78, 5) is 36.3. The van der Waals surface area contributed by atoms with Gasteiger partial charge in [0.15, 0.2) is 0 Å². The van der Waals surface area contributed by atoms with Crippen LogP contribution in [0.1, 0.15) is 33.6 Å². The highest BCUT2D eigenvalue weighted by molar-refractivity contribution is 5.97. The fraction of sp³-hybridized carbons (Fsp3) is 0.500. The quantitative estimate of drug-likeness (QED) is 0.676. The second-order valence-electron chi connectivity index (χ2n) is 6.63. The Kier molecular flexibility index (Phi) is 5.06. The minimum Gasteiger partial charge on any atom is -0.444 e. The van der Waals surface area contributed by atoms with Crippen LogP contribution in [0.2, 0.25) is 0 Å². The van der Waals surface area contributed by atoms with Crippen molar-refractivity contribution in [1.82, 2.24) is 4.90 Å². The molecule has 1 N–H and O–H groups in total. The maximum Gasteiger partial charge on any atom is 0.410 e. The zero-order chi connectivity index (χ0) is 17.9. The first-order valence-corrected chi connectivity index (χ1v) is 7.72. The van der Waals surface area contributed by atoms with E-state index in [-0.39, 0.29) is 11.6 Å². The smallest absolute Gasteiger partial charge is 0.410 e. The normalized spacial score (nSPS) is 17.5. The molecule has 2 amide bonds. The molecule has 0 aromatic heterocycles. The number of carbonyl (C=O) groups excluding carboxylic acids is 2. The second-order valence-corrected chi connectivity index (χ2v) is 6.63. The summed E-state index contributed by atoms with van der Waals surface area (Å²) in [7, 11) is 0. The van der Waals surface area contributed by atoms with Crippen LogP contribution in [0.25, 0.3) is 0 Å². The summed E-state index contributed by atoms with van der Waals surface area (Å²) in [6.45, 7) is 5.74. The molecule has 0 aliphatic carbocycles. The van der Waals surface area contributed by atoms with E-state index in [4.69, 9.17) is 4.74 Å². The molecule has 0 radical (unpaired) electrons. The van der Waals surface area contributed by atoms with Crippen LogP contribution in [0.4, 0.5) is 16.2 Å². The second kappa shape index (κ2) is 6.86. The topological polar surface area (TPSA) is 102 Å². The lowest BCUT2D eigenvalue weighted by Gasteiger charge is -2.28. The van der Waals surface area contributed by atoms with Crippen LogP contribution in [0.3, 0.4) is 0 Å². The number of nitro groups is 1. The first kappa shape index (κ1) is 17.7. The molecule has 2 rings (SSSR count). The fourth-order valence-electron chi connectivity index (χ4n) is 2.50. The van der Waals surface area contributed by atoms with E-state index in [0.29, 0.717) is 25.1 Å². The van der Waals surface area contributed by atoms with E-state index in [0.717, 1.165) is 0 Å². The zero-order valence-corrected chi connectivity index (χ0v) is 13.9. The first-order chi connectivity index (χ1) is 11.2. The van der Waals surface area contributed by atoms with Crippen LogP contribution < -0.4 is 5.32 Å². The van der Waals surface area contributed by atoms with Gasteiger partial charge >= 0.3 is 6.09 Å². The highest BCUT2D eigenvalue weighted by Crippen LogP contribution is 2.23. The Morgan fingerprint density at radius 3 is 2.71 bits per heavy atom. The maximum absolute atomic E-state index is 12.4. The number of carbonyl (C=O) groups is 2. The molecule has 1 heterocycles. The van der Waals surface area contributed by atoms with Gasteiger partial charge in [-0.15, -0.1) is 0 Å². The number of hydrogen-bond donors (Lipinski definition) is 1.